The molecule has 1 amide bonds. The van der Waals surface area contributed by atoms with E-state index in [0.29, 0.717) is 12.8 Å². The minimum absolute atomic E-state index is 0.187. The zero-order valence-corrected chi connectivity index (χ0v) is 23.3. The summed E-state index contributed by atoms with van der Waals surface area (Å²) in [5.74, 6) is -1.61. The maximum absolute atomic E-state index is 12.3. The first-order valence-electron chi connectivity index (χ1n) is 13.8. The first-order chi connectivity index (χ1) is 17.2. The predicted octanol–water partition coefficient (Wildman–Crippen LogP) is 5.64. The molecule has 36 heavy (non-hydrogen) atoms. The Balaban J connectivity index is 4.48. The molecule has 0 bridgehead atoms. The van der Waals surface area contributed by atoms with Crippen LogP contribution in [0.2, 0.25) is 0 Å². The quantitative estimate of drug-likeness (QED) is 0.0771. The summed E-state index contributed by atoms with van der Waals surface area (Å²) in [6.45, 7) is 4.36. The number of hydrogen-bond donors (Lipinski definition) is 4. The molecule has 0 spiro atoms. The molecule has 0 aromatic heterocycles. The molecule has 8 heteroatoms. The number of allylic oxidation sites excluding steroid dienone is 5. The van der Waals surface area contributed by atoms with Gasteiger partial charge in [-0.1, -0.05) is 95.2 Å². The van der Waals surface area contributed by atoms with Gasteiger partial charge in [-0.15, -0.1) is 0 Å². The van der Waals surface area contributed by atoms with Crippen LogP contribution >= 0.6 is 0 Å². The van der Waals surface area contributed by atoms with Gasteiger partial charge in [0, 0.05) is 0 Å². The second-order valence-electron chi connectivity index (χ2n) is 9.45. The number of unbranched alkanes of at least 4 members (excludes halogenated alkanes) is 10. The molecule has 4 N–H and O–H groups in total. The lowest BCUT2D eigenvalue weighted by Gasteiger charge is -2.22. The van der Waals surface area contributed by atoms with Crippen molar-refractivity contribution in [3.63, 3.8) is 0 Å². The fraction of sp³-hybridized carbons (Fsp3) is 0.750. The first kappa shape index (κ1) is 34.5. The van der Waals surface area contributed by atoms with Gasteiger partial charge >= 0.3 is 0 Å². The van der Waals surface area contributed by atoms with Gasteiger partial charge in [-0.25, -0.2) is 0 Å². The second kappa shape index (κ2) is 22.7. The average molecular weight is 530 g/mol. The van der Waals surface area contributed by atoms with E-state index in [-0.39, 0.29) is 6.42 Å². The largest absolute Gasteiger partial charge is 0.387 e. The number of rotatable bonds is 23. The molecule has 0 saturated carbocycles. The fourth-order valence-corrected chi connectivity index (χ4v) is 4.44. The van der Waals surface area contributed by atoms with Crippen molar-refractivity contribution in [3.8, 4) is 0 Å². The number of aliphatic hydroxyl groups is 2. The third-order valence-corrected chi connectivity index (χ3v) is 6.69. The van der Waals surface area contributed by atoms with Gasteiger partial charge in [0.05, 0.1) is 17.9 Å². The first-order valence-corrected chi connectivity index (χ1v) is 15.4. The molecule has 0 rings (SSSR count). The van der Waals surface area contributed by atoms with Gasteiger partial charge in [0.25, 0.3) is 10.1 Å². The van der Waals surface area contributed by atoms with Gasteiger partial charge in [0.2, 0.25) is 5.91 Å². The summed E-state index contributed by atoms with van der Waals surface area (Å²) in [5.41, 5.74) is 0. The number of amides is 1. The molecule has 0 aliphatic heterocycles. The van der Waals surface area contributed by atoms with E-state index >= 15 is 0 Å². The Morgan fingerprint density at radius 3 is 1.83 bits per heavy atom. The molecule has 0 saturated heterocycles. The van der Waals surface area contributed by atoms with Crippen LogP contribution in [0.3, 0.4) is 0 Å². The summed E-state index contributed by atoms with van der Waals surface area (Å²) in [4.78, 5) is 12.3. The number of hydrogen-bond acceptors (Lipinski definition) is 5. The zero-order chi connectivity index (χ0) is 27.1. The highest BCUT2D eigenvalue weighted by Gasteiger charge is 2.27. The van der Waals surface area contributed by atoms with Gasteiger partial charge in [-0.05, 0) is 51.4 Å². The molecule has 0 radical (unpaired) electrons. The minimum atomic E-state index is -4.44. The molecule has 0 fully saturated rings. The van der Waals surface area contributed by atoms with E-state index in [0.717, 1.165) is 25.7 Å². The molecule has 3 atom stereocenters. The van der Waals surface area contributed by atoms with Crippen molar-refractivity contribution in [2.24, 2.45) is 0 Å². The van der Waals surface area contributed by atoms with E-state index in [1.54, 1.807) is 6.08 Å². The van der Waals surface area contributed by atoms with E-state index in [9.17, 15) is 28.0 Å². The monoisotopic (exact) mass is 529 g/mol. The van der Waals surface area contributed by atoms with Gasteiger partial charge < -0.3 is 15.5 Å². The molecule has 0 aromatic rings. The van der Waals surface area contributed by atoms with Crippen LogP contribution in [0, 0.1) is 0 Å². The Morgan fingerprint density at radius 2 is 1.25 bits per heavy atom. The average Bonchev–Trinajstić information content (AvgIpc) is 2.82. The van der Waals surface area contributed by atoms with Crippen molar-refractivity contribution in [1.82, 2.24) is 5.32 Å². The molecule has 0 aromatic carbocycles. The lowest BCUT2D eigenvalue weighted by molar-refractivity contribution is -0.130. The molecule has 3 unspecified atom stereocenters. The normalized spacial score (nSPS) is 15.1. The van der Waals surface area contributed by atoms with Crippen LogP contribution in [0.1, 0.15) is 110 Å². The molecule has 7 nitrogen and oxygen atoms in total. The summed E-state index contributed by atoms with van der Waals surface area (Å²) in [5, 5.41) is 22.9. The third kappa shape index (κ3) is 21.8. The maximum Gasteiger partial charge on any atom is 0.267 e. The van der Waals surface area contributed by atoms with Crippen LogP contribution in [-0.4, -0.2) is 53.1 Å². The van der Waals surface area contributed by atoms with Crippen molar-refractivity contribution < 1.29 is 28.0 Å². The summed E-state index contributed by atoms with van der Waals surface area (Å²) < 4.78 is 32.0. The van der Waals surface area contributed by atoms with Crippen molar-refractivity contribution in [1.29, 1.82) is 0 Å². The molecular weight excluding hydrogens is 478 g/mol. The Morgan fingerprint density at radius 1 is 0.750 bits per heavy atom. The SMILES string of the molecule is CCCCCC/C=C\CCC(O)C(=O)NC(CS(=O)(=O)O)C(O)/C=C/CC/C=C/CCCCCCC. The topological polar surface area (TPSA) is 124 Å². The number of aliphatic hydroxyl groups excluding tert-OH is 2. The highest BCUT2D eigenvalue weighted by molar-refractivity contribution is 7.85. The fourth-order valence-electron chi connectivity index (χ4n) is 3.70. The summed E-state index contributed by atoms with van der Waals surface area (Å²) >= 11 is 0. The van der Waals surface area contributed by atoms with Crippen LogP contribution in [-0.2, 0) is 14.9 Å². The minimum Gasteiger partial charge on any atom is -0.387 e. The van der Waals surface area contributed by atoms with Crippen LogP contribution in [0.4, 0.5) is 0 Å². The molecule has 0 aliphatic rings. The molecule has 0 heterocycles. The van der Waals surface area contributed by atoms with E-state index in [1.165, 1.54) is 57.4 Å². The van der Waals surface area contributed by atoms with Crippen LogP contribution < -0.4 is 5.32 Å². The summed E-state index contributed by atoms with van der Waals surface area (Å²) in [6, 6.07) is -1.26. The van der Waals surface area contributed by atoms with Crippen molar-refractivity contribution in [3.05, 3.63) is 36.5 Å². The molecular formula is C28H51NO6S. The zero-order valence-electron chi connectivity index (χ0n) is 22.5. The number of carbonyl (C=O) groups excluding carboxylic acids is 1. The predicted molar refractivity (Wildman–Crippen MR) is 148 cm³/mol. The van der Waals surface area contributed by atoms with Crippen LogP contribution in [0.25, 0.3) is 0 Å². The standard InChI is InChI=1S/C28H51NO6S/c1-3-5-7-9-11-13-14-15-17-18-20-22-26(30)25(24-36(33,34)35)29-28(32)27(31)23-21-19-16-12-10-8-6-4-2/h14-16,19-20,22,25-27,30-31H,3-13,17-18,21,23-24H2,1-2H3,(H,29,32)(H,33,34,35)/b15-14+,19-16-,22-20+. The highest BCUT2D eigenvalue weighted by atomic mass is 32.2. The molecule has 210 valence electrons. The van der Waals surface area contributed by atoms with Crippen molar-refractivity contribution in [2.45, 2.75) is 128 Å². The van der Waals surface area contributed by atoms with Gasteiger partial charge in [-0.2, -0.15) is 8.42 Å². The lowest BCUT2D eigenvalue weighted by Crippen LogP contribution is -2.50. The highest BCUT2D eigenvalue weighted by Crippen LogP contribution is 2.08. The van der Waals surface area contributed by atoms with Crippen molar-refractivity contribution in [2.75, 3.05) is 5.75 Å². The number of nitrogens with one attached hydrogen (secondary N) is 1. The summed E-state index contributed by atoms with van der Waals surface area (Å²) in [6.07, 6.45) is 23.8. The maximum atomic E-state index is 12.3. The smallest absolute Gasteiger partial charge is 0.267 e. The Bertz CT molecular complexity index is 732. The van der Waals surface area contributed by atoms with E-state index in [2.05, 4.69) is 31.3 Å². The Hall–Kier alpha value is -1.48. The summed E-state index contributed by atoms with van der Waals surface area (Å²) in [7, 11) is -4.44. The van der Waals surface area contributed by atoms with Gasteiger partial charge in [0.1, 0.15) is 6.10 Å². The third-order valence-electron chi connectivity index (χ3n) is 5.90. The van der Waals surface area contributed by atoms with Crippen LogP contribution in [0.15, 0.2) is 36.5 Å². The Labute approximate surface area is 219 Å². The second-order valence-corrected chi connectivity index (χ2v) is 10.9. The van der Waals surface area contributed by atoms with Gasteiger partial charge in [-0.3, -0.25) is 9.35 Å². The molecule has 0 aliphatic carbocycles. The van der Waals surface area contributed by atoms with Crippen LogP contribution in [0.5, 0.6) is 0 Å². The lowest BCUT2D eigenvalue weighted by atomic mass is 10.1. The van der Waals surface area contributed by atoms with Gasteiger partial charge in [0.15, 0.2) is 0 Å². The van der Waals surface area contributed by atoms with E-state index in [1.807, 2.05) is 12.2 Å². The van der Waals surface area contributed by atoms with E-state index in [4.69, 9.17) is 0 Å². The number of carbonyl (C=O) groups is 1. The van der Waals surface area contributed by atoms with E-state index < -0.39 is 40.0 Å². The Kier molecular flexibility index (Phi) is 21.8. The van der Waals surface area contributed by atoms with Crippen molar-refractivity contribution >= 4 is 16.0 Å².